The van der Waals surface area contributed by atoms with Gasteiger partial charge in [-0.1, -0.05) is 0 Å². The first-order valence-corrected chi connectivity index (χ1v) is 5.35. The zero-order valence-electron chi connectivity index (χ0n) is 9.94. The van der Waals surface area contributed by atoms with E-state index in [2.05, 4.69) is 21.4 Å². The molecule has 0 amide bonds. The molecule has 1 rings (SSSR count). The van der Waals surface area contributed by atoms with Crippen LogP contribution < -0.4 is 10.2 Å². The Morgan fingerprint density at radius 1 is 1.62 bits per heavy atom. The summed E-state index contributed by atoms with van der Waals surface area (Å²) in [5.74, 6) is 1.44. The van der Waals surface area contributed by atoms with Gasteiger partial charge in [0, 0.05) is 26.3 Å². The second kappa shape index (κ2) is 5.91. The van der Waals surface area contributed by atoms with Crippen LogP contribution >= 0.6 is 0 Å². The van der Waals surface area contributed by atoms with Crippen molar-refractivity contribution in [3.8, 4) is 6.07 Å². The Morgan fingerprint density at radius 3 is 3.00 bits per heavy atom. The zero-order valence-corrected chi connectivity index (χ0v) is 9.94. The molecule has 0 spiro atoms. The second-order valence-corrected chi connectivity index (χ2v) is 3.68. The molecule has 1 N–H and O–H groups in total. The van der Waals surface area contributed by atoms with E-state index < -0.39 is 0 Å². The Kier molecular flexibility index (Phi) is 4.52. The molecule has 0 radical (unpaired) electrons. The molecule has 0 aromatic carbocycles. The Balaban J connectivity index is 2.71. The first kappa shape index (κ1) is 12.2. The maximum Gasteiger partial charge on any atom is 0.224 e. The van der Waals surface area contributed by atoms with Crippen molar-refractivity contribution in [2.24, 2.45) is 5.92 Å². The molecule has 5 nitrogen and oxygen atoms in total. The maximum atomic E-state index is 8.75. The number of aromatic nitrogens is 2. The summed E-state index contributed by atoms with van der Waals surface area (Å²) in [4.78, 5) is 10.4. The summed E-state index contributed by atoms with van der Waals surface area (Å²) in [7, 11) is 1.92. The number of nitriles is 1. The van der Waals surface area contributed by atoms with Crippen molar-refractivity contribution >= 4 is 11.8 Å². The molecule has 0 fully saturated rings. The third-order valence-electron chi connectivity index (χ3n) is 2.13. The van der Waals surface area contributed by atoms with E-state index in [-0.39, 0.29) is 5.92 Å². The number of rotatable bonds is 5. The smallest absolute Gasteiger partial charge is 0.224 e. The minimum absolute atomic E-state index is 0.0115. The molecule has 1 aromatic rings. The Labute approximate surface area is 96.1 Å². The number of anilines is 2. The molecular formula is C11H17N5. The molecule has 1 unspecified atom stereocenters. The van der Waals surface area contributed by atoms with Gasteiger partial charge < -0.3 is 10.2 Å². The summed E-state index contributed by atoms with van der Waals surface area (Å²) in [6.07, 6.45) is 1.72. The normalized spacial score (nSPS) is 11.6. The molecule has 0 bridgehead atoms. The van der Waals surface area contributed by atoms with E-state index >= 15 is 0 Å². The average molecular weight is 219 g/mol. The molecule has 0 aliphatic carbocycles. The molecule has 0 aliphatic rings. The first-order chi connectivity index (χ1) is 7.67. The van der Waals surface area contributed by atoms with E-state index in [0.717, 1.165) is 12.4 Å². The topological polar surface area (TPSA) is 64.8 Å². The Bertz CT molecular complexity index is 371. The van der Waals surface area contributed by atoms with Gasteiger partial charge in [-0.05, 0) is 19.9 Å². The summed E-state index contributed by atoms with van der Waals surface area (Å²) in [5.41, 5.74) is 0. The summed E-state index contributed by atoms with van der Waals surface area (Å²) < 4.78 is 0. The fraction of sp³-hybridized carbons (Fsp3) is 0.545. The second-order valence-electron chi connectivity index (χ2n) is 3.68. The van der Waals surface area contributed by atoms with Crippen LogP contribution in [0, 0.1) is 17.2 Å². The molecule has 1 aromatic heterocycles. The zero-order chi connectivity index (χ0) is 12.0. The van der Waals surface area contributed by atoms with Crippen LogP contribution in [0.5, 0.6) is 0 Å². The first-order valence-electron chi connectivity index (χ1n) is 5.35. The van der Waals surface area contributed by atoms with Gasteiger partial charge in [0.25, 0.3) is 0 Å². The van der Waals surface area contributed by atoms with Crippen LogP contribution in [-0.4, -0.2) is 30.1 Å². The van der Waals surface area contributed by atoms with Crippen LogP contribution in [0.3, 0.4) is 0 Å². The Hall–Kier alpha value is -1.83. The van der Waals surface area contributed by atoms with Crippen LogP contribution in [0.25, 0.3) is 0 Å². The third-order valence-corrected chi connectivity index (χ3v) is 2.13. The van der Waals surface area contributed by atoms with Crippen molar-refractivity contribution in [1.82, 2.24) is 9.97 Å². The lowest BCUT2D eigenvalue weighted by atomic mass is 10.2. The van der Waals surface area contributed by atoms with E-state index in [0.29, 0.717) is 12.5 Å². The molecule has 86 valence electrons. The van der Waals surface area contributed by atoms with Gasteiger partial charge in [0.2, 0.25) is 5.95 Å². The molecule has 1 heterocycles. The van der Waals surface area contributed by atoms with Gasteiger partial charge in [0.05, 0.1) is 12.0 Å². The van der Waals surface area contributed by atoms with E-state index in [1.807, 2.05) is 31.9 Å². The van der Waals surface area contributed by atoms with Crippen molar-refractivity contribution in [3.05, 3.63) is 12.3 Å². The monoisotopic (exact) mass is 219 g/mol. The third kappa shape index (κ3) is 3.39. The van der Waals surface area contributed by atoms with Crippen molar-refractivity contribution in [3.63, 3.8) is 0 Å². The summed E-state index contributed by atoms with van der Waals surface area (Å²) in [6, 6.07) is 4.04. The summed E-state index contributed by atoms with van der Waals surface area (Å²) in [5, 5.41) is 11.8. The molecule has 5 heteroatoms. The predicted molar refractivity (Wildman–Crippen MR) is 64.2 cm³/mol. The molecule has 0 aliphatic heterocycles. The number of hydrogen-bond donors (Lipinski definition) is 1. The van der Waals surface area contributed by atoms with Crippen LogP contribution in [0.1, 0.15) is 13.8 Å². The highest BCUT2D eigenvalue weighted by atomic mass is 15.2. The highest BCUT2D eigenvalue weighted by Gasteiger charge is 2.08. The molecular weight excluding hydrogens is 202 g/mol. The van der Waals surface area contributed by atoms with Crippen LogP contribution in [0.2, 0.25) is 0 Å². The fourth-order valence-electron chi connectivity index (χ4n) is 1.35. The van der Waals surface area contributed by atoms with Gasteiger partial charge in [-0.2, -0.15) is 10.2 Å². The molecule has 16 heavy (non-hydrogen) atoms. The van der Waals surface area contributed by atoms with Gasteiger partial charge in [0.15, 0.2) is 0 Å². The maximum absolute atomic E-state index is 8.75. The molecule has 0 saturated carbocycles. The fourth-order valence-corrected chi connectivity index (χ4v) is 1.35. The summed E-state index contributed by atoms with van der Waals surface area (Å²) >= 11 is 0. The Morgan fingerprint density at radius 2 is 2.38 bits per heavy atom. The SMILES string of the molecule is CCNc1nccc(N(C)CC(C)C#N)n1. The minimum atomic E-state index is -0.0115. The highest BCUT2D eigenvalue weighted by molar-refractivity contribution is 5.41. The number of hydrogen-bond acceptors (Lipinski definition) is 5. The molecule has 1 atom stereocenters. The van der Waals surface area contributed by atoms with Crippen molar-refractivity contribution in [2.45, 2.75) is 13.8 Å². The lowest BCUT2D eigenvalue weighted by Gasteiger charge is -2.19. The van der Waals surface area contributed by atoms with Crippen molar-refractivity contribution in [2.75, 3.05) is 30.4 Å². The minimum Gasteiger partial charge on any atom is -0.358 e. The average Bonchev–Trinajstić information content (AvgIpc) is 2.29. The van der Waals surface area contributed by atoms with Gasteiger partial charge in [-0.25, -0.2) is 4.98 Å². The van der Waals surface area contributed by atoms with Crippen LogP contribution in [0.4, 0.5) is 11.8 Å². The van der Waals surface area contributed by atoms with E-state index in [1.54, 1.807) is 6.20 Å². The van der Waals surface area contributed by atoms with Crippen LogP contribution in [0.15, 0.2) is 12.3 Å². The van der Waals surface area contributed by atoms with E-state index in [1.165, 1.54) is 0 Å². The quantitative estimate of drug-likeness (QED) is 0.813. The van der Waals surface area contributed by atoms with Gasteiger partial charge in [-0.3, -0.25) is 0 Å². The van der Waals surface area contributed by atoms with E-state index in [9.17, 15) is 0 Å². The molecule has 0 saturated heterocycles. The van der Waals surface area contributed by atoms with Gasteiger partial charge >= 0.3 is 0 Å². The van der Waals surface area contributed by atoms with Gasteiger partial charge in [-0.15, -0.1) is 0 Å². The van der Waals surface area contributed by atoms with Crippen molar-refractivity contribution < 1.29 is 0 Å². The highest BCUT2D eigenvalue weighted by Crippen LogP contribution is 2.11. The predicted octanol–water partition coefficient (Wildman–Crippen LogP) is 1.50. The number of nitrogens with zero attached hydrogens (tertiary/aromatic N) is 4. The van der Waals surface area contributed by atoms with Crippen molar-refractivity contribution in [1.29, 1.82) is 5.26 Å². The largest absolute Gasteiger partial charge is 0.358 e. The van der Waals surface area contributed by atoms with Gasteiger partial charge in [0.1, 0.15) is 5.82 Å². The lowest BCUT2D eigenvalue weighted by Crippen LogP contribution is -2.24. The van der Waals surface area contributed by atoms with Crippen LogP contribution in [-0.2, 0) is 0 Å². The standard InChI is InChI=1S/C11H17N5/c1-4-13-11-14-6-5-10(15-11)16(3)8-9(2)7-12/h5-6,9H,4,8H2,1-3H3,(H,13,14,15). The lowest BCUT2D eigenvalue weighted by molar-refractivity contribution is 0.709. The number of nitrogens with one attached hydrogen (secondary N) is 1. The summed E-state index contributed by atoms with van der Waals surface area (Å²) in [6.45, 7) is 5.35. The van der Waals surface area contributed by atoms with E-state index in [4.69, 9.17) is 5.26 Å².